The van der Waals surface area contributed by atoms with Gasteiger partial charge in [-0.05, 0) is 19.1 Å². The molecule has 0 spiro atoms. The summed E-state index contributed by atoms with van der Waals surface area (Å²) in [5, 5.41) is 11.4. The van der Waals surface area contributed by atoms with E-state index in [0.717, 1.165) is 5.69 Å². The molecule has 1 rings (SSSR count). The third kappa shape index (κ3) is 2.75. The summed E-state index contributed by atoms with van der Waals surface area (Å²) >= 11 is 0. The van der Waals surface area contributed by atoms with Crippen molar-refractivity contribution in [3.63, 3.8) is 0 Å². The Hall–Kier alpha value is -2.09. The van der Waals surface area contributed by atoms with E-state index in [4.69, 9.17) is 11.0 Å². The van der Waals surface area contributed by atoms with Crippen molar-refractivity contribution in [1.82, 2.24) is 4.98 Å². The molecule has 0 radical (unpaired) electrons. The lowest BCUT2D eigenvalue weighted by atomic mass is 10.2. The van der Waals surface area contributed by atoms with Gasteiger partial charge < -0.3 is 11.1 Å². The van der Waals surface area contributed by atoms with Gasteiger partial charge in [0, 0.05) is 5.69 Å². The number of anilines is 1. The molecule has 5 nitrogen and oxygen atoms in total. The van der Waals surface area contributed by atoms with Crippen molar-refractivity contribution in [2.45, 2.75) is 6.92 Å². The van der Waals surface area contributed by atoms with Gasteiger partial charge in [0.05, 0.1) is 18.2 Å². The quantitative estimate of drug-likeness (QED) is 0.710. The van der Waals surface area contributed by atoms with Gasteiger partial charge in [-0.2, -0.15) is 5.26 Å². The minimum absolute atomic E-state index is 0.0152. The van der Waals surface area contributed by atoms with Crippen molar-refractivity contribution >= 4 is 11.7 Å². The van der Waals surface area contributed by atoms with Crippen molar-refractivity contribution < 1.29 is 4.79 Å². The summed E-state index contributed by atoms with van der Waals surface area (Å²) in [7, 11) is 0. The number of carbonyl (C=O) groups is 1. The molecule has 5 heteroatoms. The van der Waals surface area contributed by atoms with Gasteiger partial charge in [-0.25, -0.2) is 4.98 Å². The molecule has 1 aromatic rings. The number of hydrogen-bond donors (Lipinski definition) is 2. The third-order valence-electron chi connectivity index (χ3n) is 1.53. The number of primary amides is 1. The van der Waals surface area contributed by atoms with E-state index in [-0.39, 0.29) is 6.54 Å². The maximum Gasteiger partial charge on any atom is 0.236 e. The van der Waals surface area contributed by atoms with Crippen LogP contribution < -0.4 is 11.1 Å². The van der Waals surface area contributed by atoms with Crippen LogP contribution >= 0.6 is 0 Å². The Morgan fingerprint density at radius 1 is 1.71 bits per heavy atom. The highest BCUT2D eigenvalue weighted by Gasteiger charge is 2.00. The number of nitriles is 1. The predicted molar refractivity (Wildman–Crippen MR) is 51.4 cm³/mol. The van der Waals surface area contributed by atoms with E-state index in [1.807, 2.05) is 6.07 Å². The highest BCUT2D eigenvalue weighted by molar-refractivity contribution is 5.78. The Balaban J connectivity index is 2.82. The number of aryl methyl sites for hydroxylation is 1. The predicted octanol–water partition coefficient (Wildman–Crippen LogP) is 0.159. The van der Waals surface area contributed by atoms with Gasteiger partial charge in [0.2, 0.25) is 5.91 Å². The van der Waals surface area contributed by atoms with E-state index in [1.54, 1.807) is 19.1 Å². The van der Waals surface area contributed by atoms with Crippen LogP contribution in [0.15, 0.2) is 12.1 Å². The monoisotopic (exact) mass is 190 g/mol. The molecule has 1 amide bonds. The number of nitrogens with two attached hydrogens (primary N) is 1. The van der Waals surface area contributed by atoms with Gasteiger partial charge in [0.15, 0.2) is 0 Å². The van der Waals surface area contributed by atoms with E-state index < -0.39 is 5.91 Å². The summed E-state index contributed by atoms with van der Waals surface area (Å²) in [6.45, 7) is 1.79. The third-order valence-corrected chi connectivity index (χ3v) is 1.53. The van der Waals surface area contributed by atoms with Crippen LogP contribution in [0.25, 0.3) is 0 Å². The smallest absolute Gasteiger partial charge is 0.236 e. The molecule has 3 N–H and O–H groups in total. The minimum Gasteiger partial charge on any atom is -0.368 e. The Morgan fingerprint density at radius 2 is 2.43 bits per heavy atom. The van der Waals surface area contributed by atoms with Crippen LogP contribution in [0.5, 0.6) is 0 Å². The standard InChI is InChI=1S/C9H10N4O/c1-6-2-7(4-10)3-9(13-6)12-5-8(11)14/h2-3H,5H2,1H3,(H2,11,14)(H,12,13). The summed E-state index contributed by atoms with van der Waals surface area (Å²) in [5.74, 6) is 0.0205. The molecule has 0 aromatic carbocycles. The molecule has 0 saturated carbocycles. The highest BCUT2D eigenvalue weighted by atomic mass is 16.1. The Kier molecular flexibility index (Phi) is 3.02. The van der Waals surface area contributed by atoms with Crippen LogP contribution in [-0.4, -0.2) is 17.4 Å². The van der Waals surface area contributed by atoms with Crippen LogP contribution in [-0.2, 0) is 4.79 Å². The summed E-state index contributed by atoms with van der Waals surface area (Å²) in [4.78, 5) is 14.6. The van der Waals surface area contributed by atoms with Crippen LogP contribution in [0.3, 0.4) is 0 Å². The topological polar surface area (TPSA) is 91.8 Å². The molecule has 0 saturated heterocycles. The number of amides is 1. The van der Waals surface area contributed by atoms with E-state index in [2.05, 4.69) is 10.3 Å². The first kappa shape index (κ1) is 9.99. The number of pyridine rings is 1. The summed E-state index contributed by atoms with van der Waals surface area (Å²) in [6, 6.07) is 5.23. The molecule has 0 bridgehead atoms. The molecule has 0 fully saturated rings. The molecule has 0 atom stereocenters. The first-order chi connectivity index (χ1) is 6.61. The molecule has 0 aliphatic heterocycles. The van der Waals surface area contributed by atoms with Crippen molar-refractivity contribution in [2.75, 3.05) is 11.9 Å². The number of nitrogens with zero attached hydrogens (tertiary/aromatic N) is 2. The number of hydrogen-bond acceptors (Lipinski definition) is 4. The van der Waals surface area contributed by atoms with Crippen LogP contribution in [0.2, 0.25) is 0 Å². The van der Waals surface area contributed by atoms with Gasteiger partial charge >= 0.3 is 0 Å². The second-order valence-corrected chi connectivity index (χ2v) is 2.81. The number of rotatable bonds is 3. The highest BCUT2D eigenvalue weighted by Crippen LogP contribution is 2.08. The van der Waals surface area contributed by atoms with E-state index in [1.165, 1.54) is 0 Å². The zero-order valence-electron chi connectivity index (χ0n) is 7.74. The van der Waals surface area contributed by atoms with Gasteiger partial charge in [-0.1, -0.05) is 0 Å². The van der Waals surface area contributed by atoms with Gasteiger partial charge in [-0.3, -0.25) is 4.79 Å². The molecule has 0 aliphatic rings. The first-order valence-electron chi connectivity index (χ1n) is 4.03. The zero-order chi connectivity index (χ0) is 10.6. The maximum atomic E-state index is 10.5. The summed E-state index contributed by atoms with van der Waals surface area (Å²) in [6.07, 6.45) is 0. The first-order valence-corrected chi connectivity index (χ1v) is 4.03. The normalized spacial score (nSPS) is 9.14. The molecule has 14 heavy (non-hydrogen) atoms. The molecular weight excluding hydrogens is 180 g/mol. The average molecular weight is 190 g/mol. The second kappa shape index (κ2) is 4.23. The number of aromatic nitrogens is 1. The average Bonchev–Trinajstić information content (AvgIpc) is 2.14. The second-order valence-electron chi connectivity index (χ2n) is 2.81. The lowest BCUT2D eigenvalue weighted by molar-refractivity contribution is -0.116. The maximum absolute atomic E-state index is 10.5. The minimum atomic E-state index is -0.466. The van der Waals surface area contributed by atoms with Crippen molar-refractivity contribution in [1.29, 1.82) is 5.26 Å². The number of carbonyl (C=O) groups excluding carboxylic acids is 1. The van der Waals surface area contributed by atoms with Gasteiger partial charge in [-0.15, -0.1) is 0 Å². The summed E-state index contributed by atoms with van der Waals surface area (Å²) < 4.78 is 0. The molecule has 0 unspecified atom stereocenters. The van der Waals surface area contributed by atoms with Crippen molar-refractivity contribution in [3.05, 3.63) is 23.4 Å². The fourth-order valence-electron chi connectivity index (χ4n) is 1.00. The van der Waals surface area contributed by atoms with Crippen LogP contribution in [0.1, 0.15) is 11.3 Å². The molecular formula is C9H10N4O. The Labute approximate surface area is 81.6 Å². The van der Waals surface area contributed by atoms with Crippen LogP contribution in [0, 0.1) is 18.3 Å². The molecule has 1 aromatic heterocycles. The van der Waals surface area contributed by atoms with E-state index in [9.17, 15) is 4.79 Å². The molecule has 0 aliphatic carbocycles. The SMILES string of the molecule is Cc1cc(C#N)cc(NCC(N)=O)n1. The van der Waals surface area contributed by atoms with Crippen LogP contribution in [0.4, 0.5) is 5.82 Å². The van der Waals surface area contributed by atoms with E-state index >= 15 is 0 Å². The van der Waals surface area contributed by atoms with Gasteiger partial charge in [0.1, 0.15) is 5.82 Å². The van der Waals surface area contributed by atoms with Crippen molar-refractivity contribution in [2.24, 2.45) is 5.73 Å². The fourth-order valence-corrected chi connectivity index (χ4v) is 1.00. The summed E-state index contributed by atoms with van der Waals surface area (Å²) in [5.41, 5.74) is 6.18. The van der Waals surface area contributed by atoms with Gasteiger partial charge in [0.25, 0.3) is 0 Å². The largest absolute Gasteiger partial charge is 0.368 e. The molecule has 72 valence electrons. The zero-order valence-corrected chi connectivity index (χ0v) is 7.74. The molecule has 1 heterocycles. The van der Waals surface area contributed by atoms with Crippen molar-refractivity contribution in [3.8, 4) is 6.07 Å². The van der Waals surface area contributed by atoms with E-state index in [0.29, 0.717) is 11.4 Å². The lowest BCUT2D eigenvalue weighted by Gasteiger charge is -2.03. The Bertz CT molecular complexity index is 394. The Morgan fingerprint density at radius 3 is 3.00 bits per heavy atom. The lowest BCUT2D eigenvalue weighted by Crippen LogP contribution is -2.22. The fraction of sp³-hybridized carbons (Fsp3) is 0.222. The number of nitrogens with one attached hydrogen (secondary N) is 1.